The Kier molecular flexibility index (Phi) is 5.04. The molecule has 1 heterocycles. The number of hydrogen-bond donors (Lipinski definition) is 2. The summed E-state index contributed by atoms with van der Waals surface area (Å²) >= 11 is 13.2. The third-order valence-corrected chi connectivity index (χ3v) is 4.49. The monoisotopic (exact) mass is 380 g/mol. The van der Waals surface area contributed by atoms with Crippen molar-refractivity contribution >= 4 is 40.7 Å². The molecule has 10 heteroatoms. The van der Waals surface area contributed by atoms with Gasteiger partial charge in [-0.15, -0.1) is 11.8 Å². The smallest absolute Gasteiger partial charge is 0.397 e. The van der Waals surface area contributed by atoms with Gasteiger partial charge in [-0.2, -0.15) is 23.5 Å². The first-order chi connectivity index (χ1) is 10.7. The van der Waals surface area contributed by atoms with E-state index in [9.17, 15) is 18.4 Å². The summed E-state index contributed by atoms with van der Waals surface area (Å²) in [5.41, 5.74) is 4.03. The number of halogens is 5. The van der Waals surface area contributed by atoms with Crippen LogP contribution in [0.2, 0.25) is 10.0 Å². The van der Waals surface area contributed by atoms with Gasteiger partial charge in [0.05, 0.1) is 27.0 Å². The van der Waals surface area contributed by atoms with Crippen LogP contribution in [0.1, 0.15) is 18.1 Å². The SMILES string of the molecule is CCSc1n[nH]c(-c2c(Cl)cc(C(F)(F)F)c(N)c2Cl)c1C#N. The first-order valence-corrected chi connectivity index (χ1v) is 7.92. The number of rotatable bonds is 3. The Bertz CT molecular complexity index is 796. The molecule has 1 aromatic carbocycles. The average Bonchev–Trinajstić information content (AvgIpc) is 2.85. The van der Waals surface area contributed by atoms with E-state index in [1.165, 1.54) is 11.8 Å². The standard InChI is InChI=1S/C13H9Cl2F3N4S/c1-2-23-12-5(4-19)11(21-22-12)8-7(14)3-6(13(16,17)18)10(20)9(8)15/h3H,2,20H2,1H3,(H,21,22). The third kappa shape index (κ3) is 3.22. The van der Waals surface area contributed by atoms with E-state index in [2.05, 4.69) is 10.2 Å². The quantitative estimate of drug-likeness (QED) is 0.581. The lowest BCUT2D eigenvalue weighted by molar-refractivity contribution is -0.136. The molecular formula is C13H9Cl2F3N4S. The summed E-state index contributed by atoms with van der Waals surface area (Å²) in [7, 11) is 0. The number of nitrogen functional groups attached to an aromatic ring is 1. The second-order valence-corrected chi connectivity index (χ2v) is 6.37. The van der Waals surface area contributed by atoms with Crippen molar-refractivity contribution in [1.82, 2.24) is 10.2 Å². The fourth-order valence-electron chi connectivity index (χ4n) is 1.95. The van der Waals surface area contributed by atoms with Crippen LogP contribution in [0.25, 0.3) is 11.3 Å². The normalized spacial score (nSPS) is 11.5. The van der Waals surface area contributed by atoms with Crippen LogP contribution in [-0.4, -0.2) is 16.0 Å². The van der Waals surface area contributed by atoms with E-state index < -0.39 is 17.4 Å². The van der Waals surface area contributed by atoms with Crippen molar-refractivity contribution in [1.29, 1.82) is 5.26 Å². The lowest BCUT2D eigenvalue weighted by Gasteiger charge is -2.15. The van der Waals surface area contributed by atoms with Gasteiger partial charge in [0, 0.05) is 5.56 Å². The number of H-pyrrole nitrogens is 1. The van der Waals surface area contributed by atoms with E-state index in [4.69, 9.17) is 28.9 Å². The van der Waals surface area contributed by atoms with Gasteiger partial charge in [0.2, 0.25) is 0 Å². The van der Waals surface area contributed by atoms with E-state index in [-0.39, 0.29) is 26.9 Å². The molecule has 0 fully saturated rings. The molecule has 0 aliphatic carbocycles. The second-order valence-electron chi connectivity index (χ2n) is 4.33. The molecule has 0 spiro atoms. The number of nitrogens with two attached hydrogens (primary N) is 1. The summed E-state index contributed by atoms with van der Waals surface area (Å²) in [6.45, 7) is 1.87. The molecule has 0 radical (unpaired) electrons. The Balaban J connectivity index is 2.72. The summed E-state index contributed by atoms with van der Waals surface area (Å²) < 4.78 is 38.8. The Morgan fingerprint density at radius 1 is 1.43 bits per heavy atom. The zero-order valence-corrected chi connectivity index (χ0v) is 13.9. The highest BCUT2D eigenvalue weighted by Gasteiger charge is 2.36. The van der Waals surface area contributed by atoms with Gasteiger partial charge in [-0.25, -0.2) is 0 Å². The molecule has 122 valence electrons. The van der Waals surface area contributed by atoms with Gasteiger partial charge >= 0.3 is 6.18 Å². The molecule has 0 saturated carbocycles. The number of thioether (sulfide) groups is 1. The minimum Gasteiger partial charge on any atom is -0.397 e. The van der Waals surface area contributed by atoms with Crippen LogP contribution >= 0.6 is 35.0 Å². The van der Waals surface area contributed by atoms with E-state index in [0.717, 1.165) is 0 Å². The van der Waals surface area contributed by atoms with Crippen molar-refractivity contribution in [2.75, 3.05) is 11.5 Å². The molecule has 23 heavy (non-hydrogen) atoms. The molecule has 3 N–H and O–H groups in total. The van der Waals surface area contributed by atoms with E-state index in [1.807, 2.05) is 13.0 Å². The molecule has 0 aliphatic rings. The Labute approximate surface area is 143 Å². The van der Waals surface area contributed by atoms with E-state index in [0.29, 0.717) is 16.8 Å². The lowest BCUT2D eigenvalue weighted by atomic mass is 10.0. The van der Waals surface area contributed by atoms with Crippen molar-refractivity contribution in [3.05, 3.63) is 27.2 Å². The van der Waals surface area contributed by atoms with Crippen molar-refractivity contribution in [3.63, 3.8) is 0 Å². The molecule has 0 amide bonds. The molecular weight excluding hydrogens is 372 g/mol. The first kappa shape index (κ1) is 17.8. The van der Waals surface area contributed by atoms with Gasteiger partial charge in [-0.1, -0.05) is 30.1 Å². The van der Waals surface area contributed by atoms with Crippen LogP contribution in [0.15, 0.2) is 11.1 Å². The van der Waals surface area contributed by atoms with Crippen molar-refractivity contribution < 1.29 is 13.2 Å². The Morgan fingerprint density at radius 2 is 2.09 bits per heavy atom. The molecule has 0 bridgehead atoms. The number of aromatic nitrogens is 2. The highest BCUT2D eigenvalue weighted by molar-refractivity contribution is 7.99. The number of hydrogen-bond acceptors (Lipinski definition) is 4. The zero-order chi connectivity index (χ0) is 17.4. The minimum absolute atomic E-state index is 0.0193. The Morgan fingerprint density at radius 3 is 2.61 bits per heavy atom. The molecule has 0 saturated heterocycles. The largest absolute Gasteiger partial charge is 0.418 e. The number of aromatic amines is 1. The molecule has 0 aliphatic heterocycles. The number of benzene rings is 1. The van der Waals surface area contributed by atoms with Crippen molar-refractivity contribution in [3.8, 4) is 17.3 Å². The fraction of sp³-hybridized carbons (Fsp3) is 0.231. The van der Waals surface area contributed by atoms with Crippen LogP contribution in [0, 0.1) is 11.3 Å². The zero-order valence-electron chi connectivity index (χ0n) is 11.6. The van der Waals surface area contributed by atoms with Gasteiger partial charge in [-0.05, 0) is 11.8 Å². The van der Waals surface area contributed by atoms with Crippen LogP contribution < -0.4 is 5.73 Å². The van der Waals surface area contributed by atoms with E-state index in [1.54, 1.807) is 0 Å². The highest BCUT2D eigenvalue weighted by Crippen LogP contribution is 2.46. The summed E-state index contributed by atoms with van der Waals surface area (Å²) in [6, 6.07) is 2.64. The molecule has 0 unspecified atom stereocenters. The van der Waals surface area contributed by atoms with Gasteiger partial charge in [-0.3, -0.25) is 5.10 Å². The summed E-state index contributed by atoms with van der Waals surface area (Å²) in [5.74, 6) is 0.662. The number of anilines is 1. The number of nitriles is 1. The van der Waals surface area contributed by atoms with Gasteiger partial charge < -0.3 is 5.73 Å². The summed E-state index contributed by atoms with van der Waals surface area (Å²) in [5, 5.41) is 15.6. The average molecular weight is 381 g/mol. The maximum absolute atomic E-state index is 12.9. The number of nitrogens with zero attached hydrogens (tertiary/aromatic N) is 2. The van der Waals surface area contributed by atoms with Crippen LogP contribution in [0.3, 0.4) is 0 Å². The Hall–Kier alpha value is -1.56. The second kappa shape index (κ2) is 6.51. The first-order valence-electron chi connectivity index (χ1n) is 6.18. The predicted octanol–water partition coefficient (Wildman–Crippen LogP) is 4.97. The van der Waals surface area contributed by atoms with Crippen molar-refractivity contribution in [2.45, 2.75) is 18.1 Å². The molecule has 1 aromatic heterocycles. The maximum atomic E-state index is 12.9. The van der Waals surface area contributed by atoms with Crippen LogP contribution in [0.4, 0.5) is 18.9 Å². The summed E-state index contributed by atoms with van der Waals surface area (Å²) in [4.78, 5) is 0. The topological polar surface area (TPSA) is 78.5 Å². The van der Waals surface area contributed by atoms with Crippen LogP contribution in [0.5, 0.6) is 0 Å². The van der Waals surface area contributed by atoms with Gasteiger partial charge in [0.1, 0.15) is 16.7 Å². The number of nitrogens with one attached hydrogen (secondary N) is 1. The number of alkyl halides is 3. The predicted molar refractivity (Wildman–Crippen MR) is 84.6 cm³/mol. The van der Waals surface area contributed by atoms with Crippen LogP contribution in [-0.2, 0) is 6.18 Å². The van der Waals surface area contributed by atoms with Crippen molar-refractivity contribution in [2.24, 2.45) is 0 Å². The van der Waals surface area contributed by atoms with Gasteiger partial charge in [0.25, 0.3) is 0 Å². The summed E-state index contributed by atoms with van der Waals surface area (Å²) in [6.07, 6.45) is -4.69. The minimum atomic E-state index is -4.69. The van der Waals surface area contributed by atoms with E-state index >= 15 is 0 Å². The van der Waals surface area contributed by atoms with Gasteiger partial charge in [0.15, 0.2) is 0 Å². The lowest BCUT2D eigenvalue weighted by Crippen LogP contribution is -2.10. The molecule has 0 atom stereocenters. The molecule has 2 aromatic rings. The fourth-order valence-corrected chi connectivity index (χ4v) is 3.27. The highest BCUT2D eigenvalue weighted by atomic mass is 35.5. The third-order valence-electron chi connectivity index (χ3n) is 2.94. The molecule has 2 rings (SSSR count). The maximum Gasteiger partial charge on any atom is 0.418 e. The molecule has 4 nitrogen and oxygen atoms in total.